The second kappa shape index (κ2) is 13.2. The van der Waals surface area contributed by atoms with Crippen molar-refractivity contribution in [3.8, 4) is 0 Å². The van der Waals surface area contributed by atoms with Gasteiger partial charge in [0.25, 0.3) is 0 Å². The second-order valence-electron chi connectivity index (χ2n) is 6.78. The van der Waals surface area contributed by atoms with Crippen molar-refractivity contribution in [2.45, 2.75) is 30.8 Å². The van der Waals surface area contributed by atoms with Gasteiger partial charge in [0.05, 0.1) is 13.0 Å². The summed E-state index contributed by atoms with van der Waals surface area (Å²) < 4.78 is 0. The molecule has 8 nitrogen and oxygen atoms in total. The van der Waals surface area contributed by atoms with E-state index in [1.165, 1.54) is 11.9 Å². The first kappa shape index (κ1) is 25.9. The highest BCUT2D eigenvalue weighted by atomic mass is 35.5. The smallest absolute Gasteiger partial charge is 0.226 e. The predicted octanol–water partition coefficient (Wildman–Crippen LogP) is -0.593. The van der Waals surface area contributed by atoms with Gasteiger partial charge >= 0.3 is 0 Å². The lowest BCUT2D eigenvalue weighted by molar-refractivity contribution is -0.137. The molecule has 0 unspecified atom stereocenters. The summed E-state index contributed by atoms with van der Waals surface area (Å²) in [6.45, 7) is 0.314. The molecule has 1 amide bonds. The van der Waals surface area contributed by atoms with Gasteiger partial charge in [0, 0.05) is 44.1 Å². The fourth-order valence-electron chi connectivity index (χ4n) is 2.76. The van der Waals surface area contributed by atoms with Gasteiger partial charge in [0.1, 0.15) is 24.4 Å². The third kappa shape index (κ3) is 8.25. The number of hydrogen-bond acceptors (Lipinski definition) is 7. The SMILES string of the molecule is CN(C[C@H](O)[C@H](O)[C@H](O)[C@@H](O)CO)C(=O)Cc1ccc(N(CCCl)CCCl)cc1. The quantitative estimate of drug-likeness (QED) is 0.253. The van der Waals surface area contributed by atoms with Crippen LogP contribution in [0.15, 0.2) is 24.3 Å². The zero-order valence-corrected chi connectivity index (χ0v) is 17.9. The molecule has 1 aromatic rings. The average Bonchev–Trinajstić information content (AvgIpc) is 2.72. The maximum Gasteiger partial charge on any atom is 0.226 e. The summed E-state index contributed by atoms with van der Waals surface area (Å²) in [5, 5.41) is 47.6. The van der Waals surface area contributed by atoms with Crippen LogP contribution in [0, 0.1) is 0 Å². The van der Waals surface area contributed by atoms with Crippen LogP contribution in [0.4, 0.5) is 5.69 Å². The third-order valence-corrected chi connectivity index (χ3v) is 4.92. The summed E-state index contributed by atoms with van der Waals surface area (Å²) in [5.74, 6) is 0.653. The highest BCUT2D eigenvalue weighted by Crippen LogP contribution is 2.16. The number of carbonyl (C=O) groups excluding carboxylic acids is 1. The van der Waals surface area contributed by atoms with E-state index < -0.39 is 31.0 Å². The zero-order valence-electron chi connectivity index (χ0n) is 16.4. The highest BCUT2D eigenvalue weighted by molar-refractivity contribution is 6.18. The van der Waals surface area contributed by atoms with Crippen molar-refractivity contribution >= 4 is 34.8 Å². The maximum atomic E-state index is 12.4. The molecule has 0 heterocycles. The van der Waals surface area contributed by atoms with Crippen LogP contribution in [0.2, 0.25) is 0 Å². The Morgan fingerprint density at radius 3 is 1.97 bits per heavy atom. The molecule has 0 saturated heterocycles. The molecular weight excluding hydrogens is 423 g/mol. The third-order valence-electron chi connectivity index (χ3n) is 4.58. The number of alkyl halides is 2. The summed E-state index contributed by atoms with van der Waals surface area (Å²) in [7, 11) is 1.46. The molecule has 0 fully saturated rings. The van der Waals surface area contributed by atoms with Crippen LogP contribution in [-0.4, -0.2) is 106 Å². The van der Waals surface area contributed by atoms with Crippen molar-refractivity contribution in [3.05, 3.63) is 29.8 Å². The van der Waals surface area contributed by atoms with Gasteiger partial charge in [-0.3, -0.25) is 4.79 Å². The second-order valence-corrected chi connectivity index (χ2v) is 7.54. The molecule has 0 aromatic heterocycles. The van der Waals surface area contributed by atoms with E-state index in [0.29, 0.717) is 24.8 Å². The number of hydrogen-bond donors (Lipinski definition) is 5. The number of aliphatic hydroxyl groups is 5. The van der Waals surface area contributed by atoms with Gasteiger partial charge < -0.3 is 35.3 Å². The monoisotopic (exact) mass is 452 g/mol. The predicted molar refractivity (Wildman–Crippen MR) is 113 cm³/mol. The largest absolute Gasteiger partial charge is 0.394 e. The van der Waals surface area contributed by atoms with Crippen molar-refractivity contribution in [3.63, 3.8) is 0 Å². The Bertz CT molecular complexity index is 601. The summed E-state index contributed by atoms with van der Waals surface area (Å²) >= 11 is 11.6. The number of amides is 1. The fourth-order valence-corrected chi connectivity index (χ4v) is 3.17. The maximum absolute atomic E-state index is 12.4. The highest BCUT2D eigenvalue weighted by Gasteiger charge is 2.31. The van der Waals surface area contributed by atoms with Crippen molar-refractivity contribution in [1.82, 2.24) is 4.90 Å². The Hall–Kier alpha value is -1.13. The molecule has 29 heavy (non-hydrogen) atoms. The van der Waals surface area contributed by atoms with Crippen molar-refractivity contribution in [1.29, 1.82) is 0 Å². The Kier molecular flexibility index (Phi) is 11.8. The first-order valence-corrected chi connectivity index (χ1v) is 10.3. The first-order valence-electron chi connectivity index (χ1n) is 9.28. The molecule has 5 N–H and O–H groups in total. The van der Waals surface area contributed by atoms with Crippen LogP contribution < -0.4 is 4.90 Å². The zero-order chi connectivity index (χ0) is 22.0. The molecule has 10 heteroatoms. The molecule has 0 saturated carbocycles. The standard InChI is InChI=1S/C19H30Cl2N2O6/c1-22(11-15(25)18(28)19(29)16(26)12-24)17(27)10-13-2-4-14(5-3-13)23(8-6-20)9-7-21/h2-5,15-16,18-19,24-26,28-29H,6-12H2,1H3/t15-,16-,18-,19+/m0/s1. The van der Waals surface area contributed by atoms with Gasteiger partial charge in [0.2, 0.25) is 5.91 Å². The van der Waals surface area contributed by atoms with Gasteiger partial charge in [-0.1, -0.05) is 12.1 Å². The van der Waals surface area contributed by atoms with Crippen LogP contribution in [0.1, 0.15) is 5.56 Å². The lowest BCUT2D eigenvalue weighted by Gasteiger charge is -2.28. The van der Waals surface area contributed by atoms with E-state index in [-0.39, 0.29) is 18.9 Å². The molecule has 0 aliphatic carbocycles. The molecule has 0 spiro atoms. The number of likely N-dealkylation sites (N-methyl/N-ethyl adjacent to an activating group) is 1. The minimum Gasteiger partial charge on any atom is -0.394 e. The molecule has 0 aliphatic rings. The topological polar surface area (TPSA) is 125 Å². The van der Waals surface area contributed by atoms with Crippen LogP contribution >= 0.6 is 23.2 Å². The molecule has 1 aromatic carbocycles. The van der Waals surface area contributed by atoms with Crippen LogP contribution in [0.3, 0.4) is 0 Å². The number of halogens is 2. The number of anilines is 1. The average molecular weight is 453 g/mol. The first-order chi connectivity index (χ1) is 13.7. The summed E-state index contributed by atoms with van der Waals surface area (Å²) in [5.41, 5.74) is 1.72. The van der Waals surface area contributed by atoms with Gasteiger partial charge in [-0.2, -0.15) is 0 Å². The van der Waals surface area contributed by atoms with Crippen molar-refractivity contribution in [2.75, 3.05) is 49.9 Å². The molecule has 166 valence electrons. The Labute approximate surface area is 180 Å². The Balaban J connectivity index is 2.64. The van der Waals surface area contributed by atoms with E-state index in [1.807, 2.05) is 29.2 Å². The van der Waals surface area contributed by atoms with E-state index >= 15 is 0 Å². The van der Waals surface area contributed by atoms with Gasteiger partial charge in [0.15, 0.2) is 0 Å². The van der Waals surface area contributed by atoms with E-state index in [2.05, 4.69) is 0 Å². The minimum atomic E-state index is -1.73. The van der Waals surface area contributed by atoms with Crippen LogP contribution in [0.25, 0.3) is 0 Å². The van der Waals surface area contributed by atoms with Crippen molar-refractivity contribution < 1.29 is 30.3 Å². The number of aliphatic hydroxyl groups excluding tert-OH is 5. The number of rotatable bonds is 13. The molecule has 0 bridgehead atoms. The van der Waals surface area contributed by atoms with Gasteiger partial charge in [-0.15, -0.1) is 23.2 Å². The number of benzene rings is 1. The van der Waals surface area contributed by atoms with Gasteiger partial charge in [-0.05, 0) is 17.7 Å². The fraction of sp³-hybridized carbons (Fsp3) is 0.632. The number of carbonyl (C=O) groups is 1. The van der Waals surface area contributed by atoms with Crippen molar-refractivity contribution in [2.24, 2.45) is 0 Å². The molecular formula is C19H30Cl2N2O6. The Morgan fingerprint density at radius 2 is 1.48 bits per heavy atom. The summed E-state index contributed by atoms with van der Waals surface area (Å²) in [4.78, 5) is 15.7. The molecule has 0 aliphatic heterocycles. The minimum absolute atomic E-state index is 0.0897. The lowest BCUT2D eigenvalue weighted by Crippen LogP contribution is -2.50. The van der Waals surface area contributed by atoms with E-state index in [4.69, 9.17) is 28.3 Å². The molecule has 1 rings (SSSR count). The van der Waals surface area contributed by atoms with Crippen LogP contribution in [0.5, 0.6) is 0 Å². The molecule has 0 radical (unpaired) electrons. The Morgan fingerprint density at radius 1 is 0.966 bits per heavy atom. The van der Waals surface area contributed by atoms with E-state index in [9.17, 15) is 25.2 Å². The van der Waals surface area contributed by atoms with Gasteiger partial charge in [-0.25, -0.2) is 0 Å². The summed E-state index contributed by atoms with van der Waals surface area (Å²) in [6.07, 6.45) is -6.41. The van der Waals surface area contributed by atoms with E-state index in [0.717, 1.165) is 11.3 Å². The number of nitrogens with zero attached hydrogens (tertiary/aromatic N) is 2. The van der Waals surface area contributed by atoms with E-state index in [1.54, 1.807) is 0 Å². The van der Waals surface area contributed by atoms with Crippen LogP contribution in [-0.2, 0) is 11.2 Å². The molecule has 4 atom stereocenters. The summed E-state index contributed by atoms with van der Waals surface area (Å²) in [6, 6.07) is 7.41. The lowest BCUT2D eigenvalue weighted by atomic mass is 10.0. The normalized spacial score (nSPS) is 15.4.